The van der Waals surface area contributed by atoms with Crippen LogP contribution in [0.3, 0.4) is 0 Å². The molecular formula is C17H18N4O2. The second-order valence-electron chi connectivity index (χ2n) is 5.82. The molecule has 6 heteroatoms. The summed E-state index contributed by atoms with van der Waals surface area (Å²) in [4.78, 5) is 28.7. The summed E-state index contributed by atoms with van der Waals surface area (Å²) in [7, 11) is 0. The van der Waals surface area contributed by atoms with Crippen LogP contribution in [0.2, 0.25) is 0 Å². The number of aromatic nitrogens is 3. The third-order valence-electron chi connectivity index (χ3n) is 3.68. The molecule has 0 radical (unpaired) electrons. The second kappa shape index (κ2) is 5.72. The number of carbonyl (C=O) groups is 1. The molecule has 0 aliphatic heterocycles. The van der Waals surface area contributed by atoms with Gasteiger partial charge in [-0.2, -0.15) is 0 Å². The predicted molar refractivity (Wildman–Crippen MR) is 89.0 cm³/mol. The molecule has 2 heterocycles. The second-order valence-corrected chi connectivity index (χ2v) is 5.82. The third-order valence-corrected chi connectivity index (χ3v) is 3.68. The number of amides is 1. The number of hydrogen-bond donors (Lipinski definition) is 2. The molecule has 3 aromatic rings. The van der Waals surface area contributed by atoms with Gasteiger partial charge in [-0.25, -0.2) is 9.50 Å². The molecule has 0 spiro atoms. The maximum Gasteiger partial charge on any atom is 0.272 e. The first kappa shape index (κ1) is 15.0. The lowest BCUT2D eigenvalue weighted by Gasteiger charge is -2.09. The monoisotopic (exact) mass is 310 g/mol. The number of carbonyl (C=O) groups excluding carboxylic acids is 1. The summed E-state index contributed by atoms with van der Waals surface area (Å²) >= 11 is 0. The fraction of sp³-hybridized carbons (Fsp3) is 0.235. The zero-order valence-electron chi connectivity index (χ0n) is 13.3. The molecule has 0 saturated heterocycles. The lowest BCUT2D eigenvalue weighted by Crippen LogP contribution is -2.17. The Morgan fingerprint density at radius 2 is 2.09 bits per heavy atom. The van der Waals surface area contributed by atoms with Crippen LogP contribution in [0.4, 0.5) is 5.69 Å². The Morgan fingerprint density at radius 3 is 2.83 bits per heavy atom. The van der Waals surface area contributed by atoms with E-state index in [2.05, 4.69) is 29.2 Å². The van der Waals surface area contributed by atoms with Crippen molar-refractivity contribution in [2.45, 2.75) is 26.7 Å². The number of nitrogens with one attached hydrogen (secondary N) is 2. The van der Waals surface area contributed by atoms with Gasteiger partial charge in [0.05, 0.1) is 0 Å². The van der Waals surface area contributed by atoms with Gasteiger partial charge in [0.25, 0.3) is 11.5 Å². The Bertz CT molecular complexity index is 937. The Labute approximate surface area is 133 Å². The number of aryl methyl sites for hydroxylation is 1. The molecule has 23 heavy (non-hydrogen) atoms. The standard InChI is InChI=1S/C17H18N4O2/c1-10(2)12-5-4-6-13(8-12)20-17(23)14-9-18-21-15(22)7-11(3)19-16(14)21/h4-10,18H,1-3H3,(H,20,23). The molecule has 1 aromatic carbocycles. The Morgan fingerprint density at radius 1 is 1.30 bits per heavy atom. The number of hydrogen-bond acceptors (Lipinski definition) is 3. The van der Waals surface area contributed by atoms with E-state index in [4.69, 9.17) is 0 Å². The highest BCUT2D eigenvalue weighted by Gasteiger charge is 2.15. The zero-order chi connectivity index (χ0) is 16.6. The van der Waals surface area contributed by atoms with Crippen molar-refractivity contribution in [1.29, 1.82) is 0 Å². The van der Waals surface area contributed by atoms with E-state index in [1.807, 2.05) is 24.3 Å². The van der Waals surface area contributed by atoms with Gasteiger partial charge in [0, 0.05) is 23.6 Å². The highest BCUT2D eigenvalue weighted by atomic mass is 16.2. The highest BCUT2D eigenvalue weighted by molar-refractivity contribution is 6.08. The number of nitrogens with zero attached hydrogens (tertiary/aromatic N) is 2. The molecule has 0 saturated carbocycles. The number of anilines is 1. The van der Waals surface area contributed by atoms with Crippen LogP contribution in [0.15, 0.2) is 41.3 Å². The van der Waals surface area contributed by atoms with E-state index in [1.54, 1.807) is 6.92 Å². The van der Waals surface area contributed by atoms with E-state index >= 15 is 0 Å². The maximum atomic E-state index is 12.5. The smallest absolute Gasteiger partial charge is 0.272 e. The van der Waals surface area contributed by atoms with Crippen molar-refractivity contribution < 1.29 is 4.79 Å². The normalized spacial score (nSPS) is 11.1. The van der Waals surface area contributed by atoms with Crippen LogP contribution in [0.1, 0.15) is 41.4 Å². The molecule has 0 aliphatic rings. The van der Waals surface area contributed by atoms with Crippen LogP contribution in [-0.2, 0) is 0 Å². The first-order valence-electron chi connectivity index (χ1n) is 7.45. The fourth-order valence-corrected chi connectivity index (χ4v) is 2.44. The Hall–Kier alpha value is -2.89. The van der Waals surface area contributed by atoms with Crippen molar-refractivity contribution in [1.82, 2.24) is 14.6 Å². The topological polar surface area (TPSA) is 79.3 Å². The average molecular weight is 310 g/mol. The molecule has 118 valence electrons. The van der Waals surface area contributed by atoms with E-state index in [-0.39, 0.29) is 11.5 Å². The minimum absolute atomic E-state index is 0.242. The van der Waals surface area contributed by atoms with Gasteiger partial charge in [0.2, 0.25) is 0 Å². The summed E-state index contributed by atoms with van der Waals surface area (Å²) in [5, 5.41) is 5.62. The third kappa shape index (κ3) is 2.88. The van der Waals surface area contributed by atoms with Crippen molar-refractivity contribution in [3.05, 3.63) is 63.7 Å². The number of fused-ring (bicyclic) bond motifs is 1. The van der Waals surface area contributed by atoms with Crippen molar-refractivity contribution in [3.63, 3.8) is 0 Å². The minimum Gasteiger partial charge on any atom is -0.322 e. The van der Waals surface area contributed by atoms with Crippen LogP contribution in [0.25, 0.3) is 5.65 Å². The van der Waals surface area contributed by atoms with Gasteiger partial charge in [-0.05, 0) is 30.5 Å². The van der Waals surface area contributed by atoms with Gasteiger partial charge in [0.1, 0.15) is 5.56 Å². The summed E-state index contributed by atoms with van der Waals surface area (Å²) in [6, 6.07) is 9.13. The van der Waals surface area contributed by atoms with E-state index < -0.39 is 0 Å². The highest BCUT2D eigenvalue weighted by Crippen LogP contribution is 2.19. The summed E-state index contributed by atoms with van der Waals surface area (Å²) in [5.41, 5.74) is 2.86. The fourth-order valence-electron chi connectivity index (χ4n) is 2.44. The summed E-state index contributed by atoms with van der Waals surface area (Å²) in [6.07, 6.45) is 1.49. The molecule has 0 aliphatic carbocycles. The van der Waals surface area contributed by atoms with Crippen LogP contribution < -0.4 is 10.9 Å². The van der Waals surface area contributed by atoms with E-state index in [0.29, 0.717) is 22.8 Å². The lowest BCUT2D eigenvalue weighted by atomic mass is 10.0. The Balaban J connectivity index is 1.95. The molecule has 3 rings (SSSR count). The van der Waals surface area contributed by atoms with E-state index in [9.17, 15) is 9.59 Å². The molecule has 2 N–H and O–H groups in total. The van der Waals surface area contributed by atoms with Crippen molar-refractivity contribution in [2.75, 3.05) is 5.32 Å². The van der Waals surface area contributed by atoms with Gasteiger partial charge >= 0.3 is 0 Å². The van der Waals surface area contributed by atoms with E-state index in [0.717, 1.165) is 11.3 Å². The molecular weight excluding hydrogens is 292 g/mol. The lowest BCUT2D eigenvalue weighted by molar-refractivity contribution is 0.102. The van der Waals surface area contributed by atoms with Crippen molar-refractivity contribution >= 4 is 17.2 Å². The van der Waals surface area contributed by atoms with E-state index in [1.165, 1.54) is 16.8 Å². The zero-order valence-corrected chi connectivity index (χ0v) is 13.3. The maximum absolute atomic E-state index is 12.5. The summed E-state index contributed by atoms with van der Waals surface area (Å²) in [5.74, 6) is 0.0741. The molecule has 1 amide bonds. The van der Waals surface area contributed by atoms with Crippen LogP contribution >= 0.6 is 0 Å². The van der Waals surface area contributed by atoms with Gasteiger partial charge in [0.15, 0.2) is 5.65 Å². The van der Waals surface area contributed by atoms with Gasteiger partial charge in [-0.3, -0.25) is 14.7 Å². The van der Waals surface area contributed by atoms with Crippen molar-refractivity contribution in [2.24, 2.45) is 0 Å². The van der Waals surface area contributed by atoms with Crippen LogP contribution in [0, 0.1) is 6.92 Å². The quantitative estimate of drug-likeness (QED) is 0.780. The largest absolute Gasteiger partial charge is 0.322 e. The molecule has 6 nitrogen and oxygen atoms in total. The van der Waals surface area contributed by atoms with Crippen LogP contribution in [0.5, 0.6) is 0 Å². The Kier molecular flexibility index (Phi) is 3.73. The summed E-state index contributed by atoms with van der Waals surface area (Å²) in [6.45, 7) is 5.92. The SMILES string of the molecule is Cc1cc(=O)n2[nH]cc(C(=O)Nc3cccc(C(C)C)c3)c2n1. The number of rotatable bonds is 3. The first-order chi connectivity index (χ1) is 11.0. The minimum atomic E-state index is -0.304. The molecule has 2 aromatic heterocycles. The molecule has 0 atom stereocenters. The number of benzene rings is 1. The van der Waals surface area contributed by atoms with Gasteiger partial charge in [-0.15, -0.1) is 0 Å². The number of aromatic amines is 1. The van der Waals surface area contributed by atoms with Crippen molar-refractivity contribution in [3.8, 4) is 0 Å². The predicted octanol–water partition coefficient (Wildman–Crippen LogP) is 2.71. The first-order valence-corrected chi connectivity index (χ1v) is 7.45. The van der Waals surface area contributed by atoms with Gasteiger partial charge < -0.3 is 5.32 Å². The van der Waals surface area contributed by atoms with Gasteiger partial charge in [-0.1, -0.05) is 26.0 Å². The average Bonchev–Trinajstić information content (AvgIpc) is 2.91. The number of H-pyrrole nitrogens is 1. The molecule has 0 bridgehead atoms. The summed E-state index contributed by atoms with van der Waals surface area (Å²) < 4.78 is 1.26. The van der Waals surface area contributed by atoms with Crippen LogP contribution in [-0.4, -0.2) is 20.5 Å². The molecule has 0 fully saturated rings. The molecule has 0 unspecified atom stereocenters.